The predicted molar refractivity (Wildman–Crippen MR) is 87.8 cm³/mol. The first-order valence-corrected chi connectivity index (χ1v) is 9.64. The number of carbonyl (C=O) groups is 1. The molecule has 0 spiro atoms. The highest BCUT2D eigenvalue weighted by atomic mass is 32.2. The Hall–Kier alpha value is -1.56. The van der Waals surface area contributed by atoms with Gasteiger partial charge in [0, 0.05) is 31.8 Å². The van der Waals surface area contributed by atoms with Gasteiger partial charge in [0.05, 0.1) is 10.6 Å². The van der Waals surface area contributed by atoms with Crippen LogP contribution in [0.1, 0.15) is 32.6 Å². The molecule has 122 valence electrons. The molecule has 1 N–H and O–H groups in total. The number of amides is 1. The highest BCUT2D eigenvalue weighted by molar-refractivity contribution is 7.90. The SMILES string of the molecule is CCCC(=O)N[C@H]1CCCN(c2ccccc2S(C)(=O)=O)C1. The van der Waals surface area contributed by atoms with E-state index in [1.807, 2.05) is 19.1 Å². The van der Waals surface area contributed by atoms with Crippen LogP contribution in [0.2, 0.25) is 0 Å². The molecule has 5 nitrogen and oxygen atoms in total. The van der Waals surface area contributed by atoms with E-state index >= 15 is 0 Å². The van der Waals surface area contributed by atoms with Gasteiger partial charge in [-0.15, -0.1) is 0 Å². The van der Waals surface area contributed by atoms with Crippen molar-refractivity contribution >= 4 is 21.4 Å². The zero-order valence-electron chi connectivity index (χ0n) is 13.2. The summed E-state index contributed by atoms with van der Waals surface area (Å²) in [6.07, 6.45) is 4.48. The van der Waals surface area contributed by atoms with Crippen molar-refractivity contribution in [3.63, 3.8) is 0 Å². The number of benzene rings is 1. The Bertz CT molecular complexity index is 628. The summed E-state index contributed by atoms with van der Waals surface area (Å²) in [7, 11) is -3.26. The van der Waals surface area contributed by atoms with Crippen LogP contribution >= 0.6 is 0 Å². The topological polar surface area (TPSA) is 66.5 Å². The van der Waals surface area contributed by atoms with E-state index < -0.39 is 9.84 Å². The summed E-state index contributed by atoms with van der Waals surface area (Å²) < 4.78 is 23.9. The van der Waals surface area contributed by atoms with Gasteiger partial charge < -0.3 is 10.2 Å². The maximum Gasteiger partial charge on any atom is 0.220 e. The summed E-state index contributed by atoms with van der Waals surface area (Å²) in [6, 6.07) is 7.16. The number of piperidine rings is 1. The van der Waals surface area contributed by atoms with E-state index in [1.165, 1.54) is 6.26 Å². The van der Waals surface area contributed by atoms with Gasteiger partial charge in [-0.05, 0) is 31.4 Å². The van der Waals surface area contributed by atoms with Crippen molar-refractivity contribution in [2.24, 2.45) is 0 Å². The third-order valence-electron chi connectivity index (χ3n) is 3.87. The average molecular weight is 324 g/mol. The molecule has 2 rings (SSSR count). The van der Waals surface area contributed by atoms with Crippen LogP contribution in [0.3, 0.4) is 0 Å². The lowest BCUT2D eigenvalue weighted by molar-refractivity contribution is -0.121. The molecule has 1 atom stereocenters. The molecule has 0 unspecified atom stereocenters. The van der Waals surface area contributed by atoms with Gasteiger partial charge in [0.25, 0.3) is 0 Å². The fourth-order valence-corrected chi connectivity index (χ4v) is 3.78. The maximum absolute atomic E-state index is 11.9. The van der Waals surface area contributed by atoms with Crippen molar-refractivity contribution in [2.75, 3.05) is 24.2 Å². The normalized spacial score (nSPS) is 19.0. The molecule has 0 aliphatic carbocycles. The summed E-state index contributed by atoms with van der Waals surface area (Å²) in [4.78, 5) is 14.2. The second-order valence-corrected chi connectivity index (χ2v) is 7.83. The van der Waals surface area contributed by atoms with Crippen LogP contribution in [0.25, 0.3) is 0 Å². The van der Waals surface area contributed by atoms with Crippen LogP contribution in [-0.4, -0.2) is 39.7 Å². The average Bonchev–Trinajstić information content (AvgIpc) is 2.47. The van der Waals surface area contributed by atoms with Crippen LogP contribution in [-0.2, 0) is 14.6 Å². The summed E-state index contributed by atoms with van der Waals surface area (Å²) in [5.41, 5.74) is 0.736. The van der Waals surface area contributed by atoms with E-state index in [1.54, 1.807) is 12.1 Å². The number of anilines is 1. The molecule has 1 saturated heterocycles. The number of para-hydroxylation sites is 1. The lowest BCUT2D eigenvalue weighted by Gasteiger charge is -2.35. The summed E-state index contributed by atoms with van der Waals surface area (Å²) in [6.45, 7) is 3.45. The summed E-state index contributed by atoms with van der Waals surface area (Å²) >= 11 is 0. The first-order valence-electron chi connectivity index (χ1n) is 7.75. The number of hydrogen-bond acceptors (Lipinski definition) is 4. The van der Waals surface area contributed by atoms with E-state index in [9.17, 15) is 13.2 Å². The molecule has 0 saturated carbocycles. The van der Waals surface area contributed by atoms with Crippen molar-refractivity contribution in [3.8, 4) is 0 Å². The van der Waals surface area contributed by atoms with Gasteiger partial charge in [0.1, 0.15) is 0 Å². The van der Waals surface area contributed by atoms with E-state index in [0.29, 0.717) is 17.9 Å². The largest absolute Gasteiger partial charge is 0.368 e. The molecule has 1 aliphatic heterocycles. The van der Waals surface area contributed by atoms with Crippen molar-refractivity contribution < 1.29 is 13.2 Å². The number of nitrogens with one attached hydrogen (secondary N) is 1. The Morgan fingerprint density at radius 1 is 1.36 bits per heavy atom. The number of carbonyl (C=O) groups excluding carboxylic acids is 1. The number of sulfone groups is 1. The Labute approximate surface area is 132 Å². The van der Waals surface area contributed by atoms with Crippen LogP contribution in [0.5, 0.6) is 0 Å². The fraction of sp³-hybridized carbons (Fsp3) is 0.562. The minimum Gasteiger partial charge on any atom is -0.368 e. The molecule has 1 fully saturated rings. The molecule has 1 amide bonds. The van der Waals surface area contributed by atoms with Crippen LogP contribution in [0, 0.1) is 0 Å². The molecule has 1 aromatic rings. The Balaban J connectivity index is 2.15. The highest BCUT2D eigenvalue weighted by Crippen LogP contribution is 2.27. The standard InChI is InChI=1S/C16H24N2O3S/c1-3-7-16(19)17-13-8-6-11-18(12-13)14-9-4-5-10-15(14)22(2,20)21/h4-5,9-10,13H,3,6-8,11-12H2,1-2H3,(H,17,19)/t13-/m0/s1. The number of hydrogen-bond donors (Lipinski definition) is 1. The molecular formula is C16H24N2O3S. The van der Waals surface area contributed by atoms with Gasteiger partial charge in [0.15, 0.2) is 9.84 Å². The zero-order valence-corrected chi connectivity index (χ0v) is 14.0. The smallest absolute Gasteiger partial charge is 0.220 e. The van der Waals surface area contributed by atoms with Gasteiger partial charge in [-0.1, -0.05) is 19.1 Å². The van der Waals surface area contributed by atoms with E-state index in [0.717, 1.165) is 31.5 Å². The van der Waals surface area contributed by atoms with Crippen molar-refractivity contribution in [1.82, 2.24) is 5.32 Å². The lowest BCUT2D eigenvalue weighted by atomic mass is 10.0. The molecule has 1 aliphatic rings. The fourth-order valence-electron chi connectivity index (χ4n) is 2.87. The zero-order chi connectivity index (χ0) is 16.2. The summed E-state index contributed by atoms with van der Waals surface area (Å²) in [5.74, 6) is 0.0748. The quantitative estimate of drug-likeness (QED) is 0.899. The van der Waals surface area contributed by atoms with Crippen LogP contribution in [0.4, 0.5) is 5.69 Å². The minimum atomic E-state index is -3.26. The van der Waals surface area contributed by atoms with E-state index in [2.05, 4.69) is 10.2 Å². The first-order chi connectivity index (χ1) is 10.4. The third kappa shape index (κ3) is 4.22. The van der Waals surface area contributed by atoms with Gasteiger partial charge in [0.2, 0.25) is 5.91 Å². The monoisotopic (exact) mass is 324 g/mol. The molecule has 6 heteroatoms. The van der Waals surface area contributed by atoms with Crippen molar-refractivity contribution in [2.45, 2.75) is 43.5 Å². The van der Waals surface area contributed by atoms with E-state index in [-0.39, 0.29) is 11.9 Å². The minimum absolute atomic E-state index is 0.0748. The van der Waals surface area contributed by atoms with Crippen molar-refractivity contribution in [3.05, 3.63) is 24.3 Å². The van der Waals surface area contributed by atoms with Gasteiger partial charge >= 0.3 is 0 Å². The predicted octanol–water partition coefficient (Wildman–Crippen LogP) is 1.98. The summed E-state index contributed by atoms with van der Waals surface area (Å²) in [5, 5.41) is 3.05. The van der Waals surface area contributed by atoms with Gasteiger partial charge in [-0.2, -0.15) is 0 Å². The molecule has 1 aromatic carbocycles. The molecule has 0 aromatic heterocycles. The first kappa shape index (κ1) is 16.8. The van der Waals surface area contributed by atoms with Gasteiger partial charge in [-0.25, -0.2) is 8.42 Å². The molecule has 1 heterocycles. The van der Waals surface area contributed by atoms with E-state index in [4.69, 9.17) is 0 Å². The molecule has 0 bridgehead atoms. The third-order valence-corrected chi connectivity index (χ3v) is 5.01. The number of nitrogens with zero attached hydrogens (tertiary/aromatic N) is 1. The number of rotatable bonds is 5. The second-order valence-electron chi connectivity index (χ2n) is 5.84. The highest BCUT2D eigenvalue weighted by Gasteiger charge is 2.24. The second kappa shape index (κ2) is 7.13. The van der Waals surface area contributed by atoms with Crippen LogP contribution < -0.4 is 10.2 Å². The van der Waals surface area contributed by atoms with Crippen molar-refractivity contribution in [1.29, 1.82) is 0 Å². The molecular weight excluding hydrogens is 300 g/mol. The Kier molecular flexibility index (Phi) is 5.45. The van der Waals surface area contributed by atoms with Gasteiger partial charge in [-0.3, -0.25) is 4.79 Å². The molecule has 22 heavy (non-hydrogen) atoms. The van der Waals surface area contributed by atoms with Crippen LogP contribution in [0.15, 0.2) is 29.2 Å². The maximum atomic E-state index is 11.9. The Morgan fingerprint density at radius 2 is 2.09 bits per heavy atom. The lowest BCUT2D eigenvalue weighted by Crippen LogP contribution is -2.48. The molecule has 0 radical (unpaired) electrons. The Morgan fingerprint density at radius 3 is 2.77 bits per heavy atom.